The molecule has 0 bridgehead atoms. The molecule has 1 aromatic carbocycles. The van der Waals surface area contributed by atoms with Gasteiger partial charge in [-0.25, -0.2) is 4.79 Å². The second-order valence-corrected chi connectivity index (χ2v) is 12.9. The standard InChI is InChI=1S/C30H41F3N6O4/c1-28(2,3)43-27(42)38-11-6-24-22(18-38)25(19-4-5-23(30(31,32)33)20(14-19)15-34)36-39(24)17-21(40)16-37-12-8-29(9-13-37)7-10-35-26(29)41/h4-5,14,21,40H,6-13,15-18,34H2,1-3H3,(H,35,41). The maximum atomic E-state index is 13.6. The number of fused-ring (bicyclic) bond motifs is 1. The number of hydrogen-bond acceptors (Lipinski definition) is 7. The molecule has 13 heteroatoms. The molecule has 0 radical (unpaired) electrons. The Balaban J connectivity index is 1.39. The number of carbonyl (C=O) groups excluding carboxylic acids is 2. The van der Waals surface area contributed by atoms with Crippen molar-refractivity contribution >= 4 is 12.0 Å². The number of ether oxygens (including phenoxy) is 1. The summed E-state index contributed by atoms with van der Waals surface area (Å²) >= 11 is 0. The first-order valence-electron chi connectivity index (χ1n) is 14.8. The first kappa shape index (κ1) is 31.3. The second-order valence-electron chi connectivity index (χ2n) is 12.9. The van der Waals surface area contributed by atoms with Crippen molar-refractivity contribution < 1.29 is 32.6 Å². The summed E-state index contributed by atoms with van der Waals surface area (Å²) in [5, 5.41) is 18.8. The van der Waals surface area contributed by atoms with Crippen LogP contribution >= 0.6 is 0 Å². The van der Waals surface area contributed by atoms with Crippen LogP contribution in [0.15, 0.2) is 18.2 Å². The van der Waals surface area contributed by atoms with Crippen molar-refractivity contribution in [2.24, 2.45) is 11.1 Å². The molecule has 4 heterocycles. The van der Waals surface area contributed by atoms with Crippen molar-refractivity contribution in [1.82, 2.24) is 24.9 Å². The molecule has 0 aliphatic carbocycles. The first-order valence-corrected chi connectivity index (χ1v) is 14.8. The summed E-state index contributed by atoms with van der Waals surface area (Å²) in [6.45, 7) is 8.33. The van der Waals surface area contributed by atoms with Crippen LogP contribution in [0.25, 0.3) is 11.3 Å². The largest absolute Gasteiger partial charge is 0.444 e. The highest BCUT2D eigenvalue weighted by molar-refractivity contribution is 5.84. The van der Waals surface area contributed by atoms with Gasteiger partial charge in [0.25, 0.3) is 0 Å². The Bertz CT molecular complexity index is 1360. The lowest BCUT2D eigenvalue weighted by Crippen LogP contribution is -2.46. The van der Waals surface area contributed by atoms with Gasteiger partial charge in [-0.3, -0.25) is 9.48 Å². The molecule has 0 saturated carbocycles. The minimum absolute atomic E-state index is 0.0491. The van der Waals surface area contributed by atoms with Crippen LogP contribution in [-0.4, -0.2) is 81.1 Å². The van der Waals surface area contributed by atoms with E-state index in [1.807, 2.05) is 0 Å². The number of hydrogen-bond donors (Lipinski definition) is 3. The van der Waals surface area contributed by atoms with E-state index in [-0.39, 0.29) is 36.5 Å². The number of alkyl halides is 3. The maximum Gasteiger partial charge on any atom is 0.416 e. The highest BCUT2D eigenvalue weighted by Crippen LogP contribution is 2.39. The summed E-state index contributed by atoms with van der Waals surface area (Å²) in [6, 6.07) is 3.79. The highest BCUT2D eigenvalue weighted by atomic mass is 19.4. The van der Waals surface area contributed by atoms with Gasteiger partial charge in [-0.05, 0) is 70.8 Å². The van der Waals surface area contributed by atoms with Gasteiger partial charge in [-0.1, -0.05) is 6.07 Å². The number of β-amino-alcohol motifs (C(OH)–C–C–N with tert-alkyl or cyclic N) is 1. The molecule has 2 fully saturated rings. The number of aliphatic hydroxyl groups is 1. The molecule has 1 atom stereocenters. The number of aliphatic hydroxyl groups excluding tert-OH is 1. The fraction of sp³-hybridized carbons (Fsp3) is 0.633. The number of benzene rings is 1. The molecule has 5 rings (SSSR count). The molecule has 2 amide bonds. The van der Waals surface area contributed by atoms with Gasteiger partial charge in [0.05, 0.1) is 35.9 Å². The Morgan fingerprint density at radius 3 is 2.49 bits per heavy atom. The summed E-state index contributed by atoms with van der Waals surface area (Å²) in [5.41, 5.74) is 6.32. The van der Waals surface area contributed by atoms with Crippen molar-refractivity contribution in [3.8, 4) is 11.3 Å². The van der Waals surface area contributed by atoms with Crippen LogP contribution in [0.1, 0.15) is 62.4 Å². The minimum atomic E-state index is -4.54. The zero-order valence-corrected chi connectivity index (χ0v) is 25.0. The van der Waals surface area contributed by atoms with Crippen LogP contribution < -0.4 is 11.1 Å². The topological polar surface area (TPSA) is 126 Å². The van der Waals surface area contributed by atoms with Gasteiger partial charge in [0.15, 0.2) is 0 Å². The Hall–Kier alpha value is -3.16. The number of halogens is 3. The van der Waals surface area contributed by atoms with Crippen LogP contribution in [0.4, 0.5) is 18.0 Å². The number of nitrogens with one attached hydrogen (secondary N) is 1. The van der Waals surface area contributed by atoms with Gasteiger partial charge in [-0.2, -0.15) is 18.3 Å². The average molecular weight is 607 g/mol. The smallest absolute Gasteiger partial charge is 0.416 e. The highest BCUT2D eigenvalue weighted by Gasteiger charge is 2.44. The molecule has 3 aliphatic rings. The first-order chi connectivity index (χ1) is 20.2. The lowest BCUT2D eigenvalue weighted by molar-refractivity contribution is -0.138. The molecule has 1 aromatic heterocycles. The second kappa shape index (κ2) is 11.7. The Morgan fingerprint density at radius 1 is 1.16 bits per heavy atom. The minimum Gasteiger partial charge on any atom is -0.444 e. The van der Waals surface area contributed by atoms with Gasteiger partial charge >= 0.3 is 12.3 Å². The summed E-state index contributed by atoms with van der Waals surface area (Å²) in [4.78, 5) is 29.0. The molecule has 1 spiro atoms. The van der Waals surface area contributed by atoms with Crippen LogP contribution in [0, 0.1) is 5.41 Å². The van der Waals surface area contributed by atoms with E-state index < -0.39 is 29.5 Å². The van der Waals surface area contributed by atoms with Gasteiger partial charge in [0, 0.05) is 49.4 Å². The molecule has 10 nitrogen and oxygen atoms in total. The third-order valence-electron chi connectivity index (χ3n) is 8.73. The van der Waals surface area contributed by atoms with Crippen molar-refractivity contribution in [2.45, 2.75) is 84.0 Å². The summed E-state index contributed by atoms with van der Waals surface area (Å²) in [7, 11) is 0. The third kappa shape index (κ3) is 6.68. The van der Waals surface area contributed by atoms with Crippen molar-refractivity contribution in [1.29, 1.82) is 0 Å². The molecular formula is C30H41F3N6O4. The zero-order chi connectivity index (χ0) is 31.2. The molecule has 236 valence electrons. The number of amides is 2. The van der Waals surface area contributed by atoms with E-state index in [9.17, 15) is 27.9 Å². The average Bonchev–Trinajstić information content (AvgIpc) is 3.47. The Morgan fingerprint density at radius 2 is 1.88 bits per heavy atom. The Kier molecular flexibility index (Phi) is 8.53. The van der Waals surface area contributed by atoms with E-state index in [0.29, 0.717) is 56.0 Å². The molecule has 3 aliphatic heterocycles. The molecule has 2 saturated heterocycles. The van der Waals surface area contributed by atoms with Crippen LogP contribution in [0.3, 0.4) is 0 Å². The molecular weight excluding hydrogens is 565 g/mol. The monoisotopic (exact) mass is 606 g/mol. The lowest BCUT2D eigenvalue weighted by atomic mass is 9.77. The van der Waals surface area contributed by atoms with E-state index in [2.05, 4.69) is 10.2 Å². The SMILES string of the molecule is CC(C)(C)OC(=O)N1CCc2c(c(-c3ccc(C(F)(F)F)c(CN)c3)nn2CC(O)CN2CCC3(CCNC3=O)CC2)C1. The quantitative estimate of drug-likeness (QED) is 0.461. The lowest BCUT2D eigenvalue weighted by Gasteiger charge is -2.38. The molecule has 43 heavy (non-hydrogen) atoms. The van der Waals surface area contributed by atoms with Gasteiger partial charge in [0.1, 0.15) is 5.60 Å². The van der Waals surface area contributed by atoms with Gasteiger partial charge in [0.2, 0.25) is 5.91 Å². The van der Waals surface area contributed by atoms with Crippen molar-refractivity contribution in [3.63, 3.8) is 0 Å². The number of likely N-dealkylation sites (tertiary alicyclic amines) is 1. The maximum absolute atomic E-state index is 13.6. The van der Waals surface area contributed by atoms with Crippen molar-refractivity contribution in [2.75, 3.05) is 32.7 Å². The van der Waals surface area contributed by atoms with Gasteiger partial charge in [-0.15, -0.1) is 0 Å². The summed E-state index contributed by atoms with van der Waals surface area (Å²) in [6.07, 6.45) is -2.99. The third-order valence-corrected chi connectivity index (χ3v) is 8.73. The fourth-order valence-corrected chi connectivity index (χ4v) is 6.45. The predicted molar refractivity (Wildman–Crippen MR) is 153 cm³/mol. The Labute approximate surface area is 249 Å². The molecule has 4 N–H and O–H groups in total. The summed E-state index contributed by atoms with van der Waals surface area (Å²) in [5.74, 6) is 0.130. The van der Waals surface area contributed by atoms with Crippen molar-refractivity contribution in [3.05, 3.63) is 40.6 Å². The number of carbonyl (C=O) groups is 2. The normalized spacial score (nSPS) is 19.8. The van der Waals surface area contributed by atoms with E-state index in [1.54, 1.807) is 30.4 Å². The number of aromatic nitrogens is 2. The van der Waals surface area contributed by atoms with E-state index in [0.717, 1.165) is 31.0 Å². The van der Waals surface area contributed by atoms with Gasteiger partial charge < -0.3 is 30.7 Å². The van der Waals surface area contributed by atoms with E-state index >= 15 is 0 Å². The molecule has 2 aromatic rings. The van der Waals surface area contributed by atoms with E-state index in [1.165, 1.54) is 12.1 Å². The molecule has 1 unspecified atom stereocenters. The van der Waals surface area contributed by atoms with Crippen LogP contribution in [0.5, 0.6) is 0 Å². The predicted octanol–water partition coefficient (Wildman–Crippen LogP) is 3.28. The number of rotatable bonds is 6. The number of nitrogens with zero attached hydrogens (tertiary/aromatic N) is 4. The number of nitrogens with two attached hydrogens (primary N) is 1. The fourth-order valence-electron chi connectivity index (χ4n) is 6.45. The van der Waals surface area contributed by atoms with Crippen LogP contribution in [0.2, 0.25) is 0 Å². The van der Waals surface area contributed by atoms with Crippen LogP contribution in [-0.2, 0) is 41.8 Å². The van der Waals surface area contributed by atoms with E-state index in [4.69, 9.17) is 15.6 Å². The zero-order valence-electron chi connectivity index (χ0n) is 25.0. The summed E-state index contributed by atoms with van der Waals surface area (Å²) < 4.78 is 48.0. The number of piperidine rings is 1.